The predicted octanol–water partition coefficient (Wildman–Crippen LogP) is 2.39. The van der Waals surface area contributed by atoms with Gasteiger partial charge in [0.05, 0.1) is 5.69 Å². The molecule has 6 heteroatoms. The van der Waals surface area contributed by atoms with Gasteiger partial charge in [0.1, 0.15) is 18.0 Å². The average Bonchev–Trinajstić information content (AvgIpc) is 2.26. The van der Waals surface area contributed by atoms with Gasteiger partial charge in [-0.2, -0.15) is 5.11 Å². The molecular weight excluding hydrogens is 227 g/mol. The van der Waals surface area contributed by atoms with E-state index >= 15 is 0 Å². The molecule has 17 heavy (non-hydrogen) atoms. The average molecular weight is 238 g/mol. The molecule has 0 N–H and O–H groups in total. The first-order valence-corrected chi connectivity index (χ1v) is 4.86. The molecule has 5 nitrogen and oxygen atoms in total. The second-order valence-electron chi connectivity index (χ2n) is 3.24. The number of nitrogens with zero attached hydrogens (tertiary/aromatic N) is 2. The largest absolute Gasteiger partial charge is 0.440 e. The second-order valence-corrected chi connectivity index (χ2v) is 3.24. The van der Waals surface area contributed by atoms with Crippen molar-refractivity contribution in [3.8, 4) is 0 Å². The lowest BCUT2D eigenvalue weighted by atomic mass is 10.3. The van der Waals surface area contributed by atoms with E-state index in [4.69, 9.17) is 0 Å². The Hall–Kier alpha value is -2.11. The van der Waals surface area contributed by atoms with Crippen LogP contribution in [-0.4, -0.2) is 18.5 Å². The van der Waals surface area contributed by atoms with E-state index in [0.29, 0.717) is 5.69 Å². The molecule has 0 heterocycles. The summed E-state index contributed by atoms with van der Waals surface area (Å²) in [6.07, 6.45) is -0.272. The van der Waals surface area contributed by atoms with Crippen LogP contribution in [0, 0.1) is 5.82 Å². The van der Waals surface area contributed by atoms with Crippen LogP contribution in [0.3, 0.4) is 0 Å². The molecule has 0 amide bonds. The van der Waals surface area contributed by atoms with Gasteiger partial charge < -0.3 is 4.74 Å². The fourth-order valence-electron chi connectivity index (χ4n) is 0.973. The lowest BCUT2D eigenvalue weighted by molar-refractivity contribution is -0.145. The van der Waals surface area contributed by atoms with Crippen LogP contribution in [0.1, 0.15) is 13.3 Å². The van der Waals surface area contributed by atoms with E-state index in [1.165, 1.54) is 31.2 Å². The molecule has 0 saturated carbocycles. The van der Waals surface area contributed by atoms with Crippen molar-refractivity contribution in [2.24, 2.45) is 10.2 Å². The SMILES string of the molecule is CC(=O)CC(=O)OCN=Nc1ccc(F)cc1. The number of hydrogen-bond donors (Lipinski definition) is 0. The third kappa shape index (κ3) is 5.50. The van der Waals surface area contributed by atoms with Crippen molar-refractivity contribution in [3.05, 3.63) is 30.1 Å². The summed E-state index contributed by atoms with van der Waals surface area (Å²) >= 11 is 0. The maximum Gasteiger partial charge on any atom is 0.315 e. The highest BCUT2D eigenvalue weighted by molar-refractivity contribution is 5.94. The fraction of sp³-hybridized carbons (Fsp3) is 0.273. The van der Waals surface area contributed by atoms with Crippen molar-refractivity contribution in [2.75, 3.05) is 6.73 Å². The van der Waals surface area contributed by atoms with Crippen molar-refractivity contribution in [2.45, 2.75) is 13.3 Å². The van der Waals surface area contributed by atoms with Crippen molar-refractivity contribution >= 4 is 17.4 Å². The molecule has 0 spiro atoms. The number of ketones is 1. The summed E-state index contributed by atoms with van der Waals surface area (Å²) < 4.78 is 17.1. The molecule has 0 aromatic heterocycles. The van der Waals surface area contributed by atoms with Crippen LogP contribution in [0.4, 0.5) is 10.1 Å². The van der Waals surface area contributed by atoms with Crippen LogP contribution < -0.4 is 0 Å². The third-order valence-corrected chi connectivity index (χ3v) is 1.69. The molecule has 1 aromatic carbocycles. The standard InChI is InChI=1S/C11H11FN2O3/c1-8(15)6-11(16)17-7-13-14-10-4-2-9(12)3-5-10/h2-5H,6-7H2,1H3. The van der Waals surface area contributed by atoms with Gasteiger partial charge in [0.25, 0.3) is 0 Å². The summed E-state index contributed by atoms with van der Waals surface area (Å²) in [6, 6.07) is 5.37. The van der Waals surface area contributed by atoms with Crippen molar-refractivity contribution < 1.29 is 18.7 Å². The van der Waals surface area contributed by atoms with Crippen molar-refractivity contribution in [1.29, 1.82) is 0 Å². The first kappa shape index (κ1) is 13.0. The first-order valence-electron chi connectivity index (χ1n) is 4.86. The number of rotatable bonds is 5. The Bertz CT molecular complexity index is 429. The molecule has 0 aliphatic heterocycles. The van der Waals surface area contributed by atoms with Crippen LogP contribution in [-0.2, 0) is 14.3 Å². The van der Waals surface area contributed by atoms with Gasteiger partial charge in [0.15, 0.2) is 0 Å². The van der Waals surface area contributed by atoms with E-state index in [9.17, 15) is 14.0 Å². The molecular formula is C11H11FN2O3. The zero-order chi connectivity index (χ0) is 12.7. The third-order valence-electron chi connectivity index (χ3n) is 1.69. The number of halogens is 1. The molecule has 0 radical (unpaired) electrons. The Morgan fingerprint density at radius 3 is 2.53 bits per heavy atom. The summed E-state index contributed by atoms with van der Waals surface area (Å²) in [5, 5.41) is 7.26. The number of ether oxygens (including phenoxy) is 1. The summed E-state index contributed by atoms with van der Waals surface area (Å²) in [4.78, 5) is 21.5. The summed E-state index contributed by atoms with van der Waals surface area (Å²) in [5.74, 6) is -1.28. The molecule has 0 saturated heterocycles. The van der Waals surface area contributed by atoms with E-state index < -0.39 is 5.97 Å². The normalized spacial score (nSPS) is 10.5. The number of hydrogen-bond acceptors (Lipinski definition) is 5. The van der Waals surface area contributed by atoms with Gasteiger partial charge in [-0.1, -0.05) is 0 Å². The van der Waals surface area contributed by atoms with Gasteiger partial charge in [0.2, 0.25) is 6.73 Å². The van der Waals surface area contributed by atoms with E-state index in [0.717, 1.165) is 0 Å². The number of carbonyl (C=O) groups is 2. The molecule has 0 fully saturated rings. The van der Waals surface area contributed by atoms with E-state index in [2.05, 4.69) is 15.0 Å². The maximum absolute atomic E-state index is 12.5. The molecule has 0 unspecified atom stereocenters. The van der Waals surface area contributed by atoms with Gasteiger partial charge in [-0.05, 0) is 31.2 Å². The second kappa shape index (κ2) is 6.47. The molecule has 0 bridgehead atoms. The first-order chi connectivity index (χ1) is 8.08. The van der Waals surface area contributed by atoms with Gasteiger partial charge in [-0.25, -0.2) is 4.39 Å². The fourth-order valence-corrected chi connectivity index (χ4v) is 0.973. The lowest BCUT2D eigenvalue weighted by Crippen LogP contribution is -2.08. The number of esters is 1. The highest BCUT2D eigenvalue weighted by Crippen LogP contribution is 2.12. The summed E-state index contributed by atoms with van der Waals surface area (Å²) in [7, 11) is 0. The molecule has 1 rings (SSSR count). The lowest BCUT2D eigenvalue weighted by Gasteiger charge is -1.97. The van der Waals surface area contributed by atoms with Crippen LogP contribution in [0.5, 0.6) is 0 Å². The number of benzene rings is 1. The highest BCUT2D eigenvalue weighted by atomic mass is 19.1. The van der Waals surface area contributed by atoms with Crippen molar-refractivity contribution in [1.82, 2.24) is 0 Å². The Balaban J connectivity index is 2.33. The number of Topliss-reactive ketones (excluding diaryl/α,β-unsaturated/α-hetero) is 1. The minimum absolute atomic E-state index is 0.260. The number of carbonyl (C=O) groups excluding carboxylic acids is 2. The van der Waals surface area contributed by atoms with Crippen LogP contribution in [0.2, 0.25) is 0 Å². The van der Waals surface area contributed by atoms with E-state index in [1.54, 1.807) is 0 Å². The molecule has 90 valence electrons. The zero-order valence-corrected chi connectivity index (χ0v) is 9.22. The smallest absolute Gasteiger partial charge is 0.315 e. The van der Waals surface area contributed by atoms with Crippen LogP contribution in [0.25, 0.3) is 0 Å². The molecule has 1 aromatic rings. The monoisotopic (exact) mass is 238 g/mol. The van der Waals surface area contributed by atoms with E-state index in [1.807, 2.05) is 0 Å². The Kier molecular flexibility index (Phi) is 4.93. The molecule has 0 aliphatic carbocycles. The van der Waals surface area contributed by atoms with Gasteiger partial charge >= 0.3 is 5.97 Å². The van der Waals surface area contributed by atoms with Gasteiger partial charge in [-0.15, -0.1) is 5.11 Å². The summed E-state index contributed by atoms with van der Waals surface area (Å²) in [5.41, 5.74) is 0.453. The number of azo groups is 1. The van der Waals surface area contributed by atoms with Gasteiger partial charge in [0, 0.05) is 0 Å². The highest BCUT2D eigenvalue weighted by Gasteiger charge is 2.04. The molecule has 0 atom stereocenters. The minimum Gasteiger partial charge on any atom is -0.440 e. The Morgan fingerprint density at radius 2 is 1.94 bits per heavy atom. The Morgan fingerprint density at radius 1 is 1.29 bits per heavy atom. The topological polar surface area (TPSA) is 68.1 Å². The zero-order valence-electron chi connectivity index (χ0n) is 9.22. The van der Waals surface area contributed by atoms with E-state index in [-0.39, 0.29) is 24.8 Å². The minimum atomic E-state index is -0.643. The quantitative estimate of drug-likeness (QED) is 0.449. The van der Waals surface area contributed by atoms with Crippen molar-refractivity contribution in [3.63, 3.8) is 0 Å². The predicted molar refractivity (Wildman–Crippen MR) is 57.2 cm³/mol. The van der Waals surface area contributed by atoms with Crippen LogP contribution >= 0.6 is 0 Å². The molecule has 0 aliphatic rings. The van der Waals surface area contributed by atoms with Gasteiger partial charge in [-0.3, -0.25) is 9.59 Å². The van der Waals surface area contributed by atoms with Crippen LogP contribution in [0.15, 0.2) is 34.5 Å². The maximum atomic E-state index is 12.5. The Labute approximate surface area is 97.3 Å². The summed E-state index contributed by atoms with van der Waals surface area (Å²) in [6.45, 7) is 1.03.